The first-order valence-corrected chi connectivity index (χ1v) is 11.3. The number of hydrogen-bond acceptors (Lipinski definition) is 5. The minimum atomic E-state index is -0.657. The molecule has 170 valence electrons. The first-order chi connectivity index (χ1) is 15.5. The number of ether oxygens (including phenoxy) is 1. The number of likely N-dealkylation sites (tertiary alicyclic amines) is 1. The highest BCUT2D eigenvalue weighted by atomic mass is 16.5. The van der Waals surface area contributed by atoms with Crippen molar-refractivity contribution in [2.75, 3.05) is 32.8 Å². The molecule has 6 heteroatoms. The van der Waals surface area contributed by atoms with E-state index < -0.39 is 17.7 Å². The molecule has 1 saturated heterocycles. The maximum absolute atomic E-state index is 13.1. The van der Waals surface area contributed by atoms with Crippen molar-refractivity contribution < 1.29 is 19.4 Å². The van der Waals surface area contributed by atoms with Gasteiger partial charge in [0.1, 0.15) is 11.5 Å². The van der Waals surface area contributed by atoms with Crippen molar-refractivity contribution in [3.63, 3.8) is 0 Å². The second-order valence-electron chi connectivity index (χ2n) is 7.81. The number of likely N-dealkylation sites (N-methyl/N-ethyl adjacent to an activating group) is 1. The van der Waals surface area contributed by atoms with Gasteiger partial charge in [-0.2, -0.15) is 0 Å². The smallest absolute Gasteiger partial charge is 0.295 e. The van der Waals surface area contributed by atoms with E-state index in [1.54, 1.807) is 23.1 Å². The van der Waals surface area contributed by atoms with Crippen LogP contribution in [0.25, 0.3) is 5.76 Å². The molecule has 1 N–H and O–H groups in total. The highest BCUT2D eigenvalue weighted by Crippen LogP contribution is 2.39. The monoisotopic (exact) mass is 436 g/mol. The zero-order chi connectivity index (χ0) is 23.1. The van der Waals surface area contributed by atoms with Crippen molar-refractivity contribution >= 4 is 17.4 Å². The Morgan fingerprint density at radius 1 is 1.03 bits per heavy atom. The molecule has 1 aliphatic rings. The topological polar surface area (TPSA) is 70.1 Å². The number of amides is 1. The number of aliphatic hydroxyl groups excluding tert-OH is 1. The van der Waals surface area contributed by atoms with Crippen LogP contribution in [0, 0.1) is 0 Å². The number of ketones is 1. The van der Waals surface area contributed by atoms with E-state index in [9.17, 15) is 14.7 Å². The summed E-state index contributed by atoms with van der Waals surface area (Å²) < 4.78 is 5.68. The molecule has 1 aliphatic heterocycles. The van der Waals surface area contributed by atoms with Crippen molar-refractivity contribution in [3.05, 3.63) is 71.3 Å². The fourth-order valence-corrected chi connectivity index (χ4v) is 3.99. The SMILES string of the molecule is CCCOc1cccc(C(O)=C2C(=O)C(=O)N(CCN(CC)CC)C2c2ccccc2)c1. The molecule has 2 aromatic carbocycles. The lowest BCUT2D eigenvalue weighted by Crippen LogP contribution is -2.38. The number of carbonyl (C=O) groups is 2. The van der Waals surface area contributed by atoms with Gasteiger partial charge >= 0.3 is 0 Å². The zero-order valence-electron chi connectivity index (χ0n) is 19.1. The molecule has 0 bridgehead atoms. The van der Waals surface area contributed by atoms with Crippen LogP contribution in [0.2, 0.25) is 0 Å². The number of rotatable bonds is 10. The van der Waals surface area contributed by atoms with Crippen LogP contribution in [0.15, 0.2) is 60.2 Å². The molecule has 1 fully saturated rings. The number of aliphatic hydroxyl groups is 1. The van der Waals surface area contributed by atoms with Crippen LogP contribution >= 0.6 is 0 Å². The van der Waals surface area contributed by atoms with Gasteiger partial charge < -0.3 is 19.6 Å². The van der Waals surface area contributed by atoms with Gasteiger partial charge in [-0.05, 0) is 37.2 Å². The van der Waals surface area contributed by atoms with Crippen molar-refractivity contribution in [1.29, 1.82) is 0 Å². The predicted octanol–water partition coefficient (Wildman–Crippen LogP) is 4.24. The standard InChI is InChI=1S/C26H32N2O4/c1-4-17-32-21-14-10-13-20(18-21)24(29)22-23(19-11-8-7-9-12-19)28(26(31)25(22)30)16-15-27(5-2)6-3/h7-14,18,23,29H,4-6,15-17H2,1-3H3. The van der Waals surface area contributed by atoms with Gasteiger partial charge in [-0.3, -0.25) is 9.59 Å². The van der Waals surface area contributed by atoms with E-state index in [0.717, 1.165) is 25.1 Å². The van der Waals surface area contributed by atoms with Gasteiger partial charge in [0.25, 0.3) is 11.7 Å². The first-order valence-electron chi connectivity index (χ1n) is 11.3. The molecule has 3 rings (SSSR count). The van der Waals surface area contributed by atoms with Crippen molar-refractivity contribution in [3.8, 4) is 5.75 Å². The van der Waals surface area contributed by atoms with Gasteiger partial charge in [-0.15, -0.1) is 0 Å². The Balaban J connectivity index is 2.04. The molecule has 1 amide bonds. The molecule has 0 spiro atoms. The Kier molecular flexibility index (Phi) is 8.06. The Morgan fingerprint density at radius 3 is 2.41 bits per heavy atom. The molecule has 6 nitrogen and oxygen atoms in total. The summed E-state index contributed by atoms with van der Waals surface area (Å²) in [4.78, 5) is 29.9. The van der Waals surface area contributed by atoms with Gasteiger partial charge in [-0.1, -0.05) is 63.2 Å². The molecule has 32 heavy (non-hydrogen) atoms. The summed E-state index contributed by atoms with van der Waals surface area (Å²) in [5.41, 5.74) is 1.38. The Bertz CT molecular complexity index is 967. The molecular formula is C26H32N2O4. The number of Topliss-reactive ketones (excluding diaryl/α,β-unsaturated/α-hetero) is 1. The molecular weight excluding hydrogens is 404 g/mol. The summed E-state index contributed by atoms with van der Waals surface area (Å²) in [5.74, 6) is -0.797. The van der Waals surface area contributed by atoms with Gasteiger partial charge in [0.05, 0.1) is 18.2 Å². The maximum Gasteiger partial charge on any atom is 0.295 e. The number of carbonyl (C=O) groups excluding carboxylic acids is 2. The third-order valence-electron chi connectivity index (χ3n) is 5.79. The van der Waals surface area contributed by atoms with E-state index in [2.05, 4.69) is 18.7 Å². The fraction of sp³-hybridized carbons (Fsp3) is 0.385. The van der Waals surface area contributed by atoms with Crippen LogP contribution in [0.5, 0.6) is 5.75 Å². The highest BCUT2D eigenvalue weighted by Gasteiger charge is 2.45. The van der Waals surface area contributed by atoms with Gasteiger partial charge in [0.15, 0.2) is 0 Å². The quantitative estimate of drug-likeness (QED) is 0.343. The van der Waals surface area contributed by atoms with Crippen LogP contribution in [0.3, 0.4) is 0 Å². The predicted molar refractivity (Wildman–Crippen MR) is 125 cm³/mol. The Hall–Kier alpha value is -3.12. The number of hydrogen-bond donors (Lipinski definition) is 1. The minimum Gasteiger partial charge on any atom is -0.507 e. The Morgan fingerprint density at radius 2 is 1.75 bits per heavy atom. The van der Waals surface area contributed by atoms with Gasteiger partial charge in [0.2, 0.25) is 0 Å². The molecule has 1 heterocycles. The highest BCUT2D eigenvalue weighted by molar-refractivity contribution is 6.46. The van der Waals surface area contributed by atoms with Crippen molar-refractivity contribution in [2.24, 2.45) is 0 Å². The lowest BCUT2D eigenvalue weighted by molar-refractivity contribution is -0.140. The normalized spacial score (nSPS) is 17.9. The average Bonchev–Trinajstić information content (AvgIpc) is 3.08. The van der Waals surface area contributed by atoms with E-state index in [4.69, 9.17) is 4.74 Å². The van der Waals surface area contributed by atoms with Crippen molar-refractivity contribution in [1.82, 2.24) is 9.80 Å². The summed E-state index contributed by atoms with van der Waals surface area (Å²) in [7, 11) is 0. The van der Waals surface area contributed by atoms with Crippen LogP contribution in [0.1, 0.15) is 44.4 Å². The summed E-state index contributed by atoms with van der Waals surface area (Å²) in [6.07, 6.45) is 0.863. The Labute approximate surface area is 190 Å². The molecule has 0 aromatic heterocycles. The lowest BCUT2D eigenvalue weighted by atomic mass is 9.95. The summed E-state index contributed by atoms with van der Waals surface area (Å²) in [6, 6.07) is 15.8. The lowest BCUT2D eigenvalue weighted by Gasteiger charge is -2.28. The van der Waals surface area contributed by atoms with Gasteiger partial charge in [0, 0.05) is 18.7 Å². The van der Waals surface area contributed by atoms with Crippen LogP contribution in [-0.2, 0) is 9.59 Å². The second kappa shape index (κ2) is 11.0. The van der Waals surface area contributed by atoms with Crippen molar-refractivity contribution in [2.45, 2.75) is 33.2 Å². The minimum absolute atomic E-state index is 0.119. The maximum atomic E-state index is 13.1. The third kappa shape index (κ3) is 5.02. The van der Waals surface area contributed by atoms with Crippen LogP contribution in [-0.4, -0.2) is 59.4 Å². The molecule has 0 aliphatic carbocycles. The van der Waals surface area contributed by atoms with Crippen LogP contribution < -0.4 is 4.74 Å². The van der Waals surface area contributed by atoms with E-state index in [-0.39, 0.29) is 11.3 Å². The van der Waals surface area contributed by atoms with E-state index in [1.165, 1.54) is 0 Å². The number of nitrogens with zero attached hydrogens (tertiary/aromatic N) is 2. The molecule has 2 aromatic rings. The largest absolute Gasteiger partial charge is 0.507 e. The zero-order valence-corrected chi connectivity index (χ0v) is 19.1. The molecule has 0 radical (unpaired) electrons. The second-order valence-corrected chi connectivity index (χ2v) is 7.81. The van der Waals surface area contributed by atoms with Gasteiger partial charge in [-0.25, -0.2) is 0 Å². The third-order valence-corrected chi connectivity index (χ3v) is 5.79. The first kappa shape index (κ1) is 23.5. The molecule has 1 unspecified atom stereocenters. The van der Waals surface area contributed by atoms with E-state index >= 15 is 0 Å². The summed E-state index contributed by atoms with van der Waals surface area (Å²) >= 11 is 0. The van der Waals surface area contributed by atoms with E-state index in [1.807, 2.05) is 43.3 Å². The molecule has 1 atom stereocenters. The average molecular weight is 437 g/mol. The summed E-state index contributed by atoms with van der Waals surface area (Å²) in [5, 5.41) is 11.2. The molecule has 0 saturated carbocycles. The summed E-state index contributed by atoms with van der Waals surface area (Å²) in [6.45, 7) is 9.50. The fourth-order valence-electron chi connectivity index (χ4n) is 3.99. The van der Waals surface area contributed by atoms with Crippen LogP contribution in [0.4, 0.5) is 0 Å². The number of benzene rings is 2. The van der Waals surface area contributed by atoms with E-state index in [0.29, 0.717) is 31.0 Å².